The first-order valence-corrected chi connectivity index (χ1v) is 7.20. The Morgan fingerprint density at radius 2 is 2.14 bits per heavy atom. The summed E-state index contributed by atoms with van der Waals surface area (Å²) in [4.78, 5) is 18.5. The van der Waals surface area contributed by atoms with Crippen LogP contribution in [0.2, 0.25) is 0 Å². The molecule has 0 radical (unpaired) electrons. The summed E-state index contributed by atoms with van der Waals surface area (Å²) >= 11 is 0. The molecule has 1 saturated heterocycles. The summed E-state index contributed by atoms with van der Waals surface area (Å²) in [6.45, 7) is 1.47. The molecule has 21 heavy (non-hydrogen) atoms. The largest absolute Gasteiger partial charge is 0.338 e. The van der Waals surface area contributed by atoms with E-state index >= 15 is 0 Å². The minimum atomic E-state index is 0. The van der Waals surface area contributed by atoms with Crippen molar-refractivity contribution in [3.05, 3.63) is 30.1 Å². The minimum absolute atomic E-state index is 0. The second kappa shape index (κ2) is 10.8. The molecule has 0 bridgehead atoms. The number of pyridine rings is 1. The fraction of sp³-hybridized carbons (Fsp3) is 0.600. The molecule has 0 aromatic carbocycles. The highest BCUT2D eigenvalue weighted by molar-refractivity contribution is 5.85. The first-order valence-electron chi connectivity index (χ1n) is 7.20. The van der Waals surface area contributed by atoms with Crippen molar-refractivity contribution in [3.63, 3.8) is 0 Å². The van der Waals surface area contributed by atoms with Gasteiger partial charge in [0.25, 0.3) is 0 Å². The van der Waals surface area contributed by atoms with E-state index < -0.39 is 0 Å². The SMILES string of the molecule is Cl.Cl.NCC1CCCCN1C(=O)CCCc1ccccn1. The number of aryl methyl sites for hydroxylation is 1. The summed E-state index contributed by atoms with van der Waals surface area (Å²) < 4.78 is 0. The van der Waals surface area contributed by atoms with Crippen LogP contribution in [-0.4, -0.2) is 34.9 Å². The average molecular weight is 334 g/mol. The number of rotatable bonds is 5. The van der Waals surface area contributed by atoms with E-state index in [0.29, 0.717) is 13.0 Å². The van der Waals surface area contributed by atoms with E-state index in [9.17, 15) is 4.79 Å². The van der Waals surface area contributed by atoms with Gasteiger partial charge in [-0.1, -0.05) is 6.07 Å². The molecule has 6 heteroatoms. The normalized spacial score (nSPS) is 17.6. The molecule has 2 N–H and O–H groups in total. The lowest BCUT2D eigenvalue weighted by molar-refractivity contribution is -0.134. The van der Waals surface area contributed by atoms with Crippen LogP contribution in [-0.2, 0) is 11.2 Å². The maximum absolute atomic E-state index is 12.2. The van der Waals surface area contributed by atoms with E-state index in [2.05, 4.69) is 4.98 Å². The number of nitrogens with zero attached hydrogens (tertiary/aromatic N) is 2. The smallest absolute Gasteiger partial charge is 0.222 e. The molecule has 1 unspecified atom stereocenters. The second-order valence-corrected chi connectivity index (χ2v) is 5.15. The van der Waals surface area contributed by atoms with Crippen LogP contribution in [0.5, 0.6) is 0 Å². The van der Waals surface area contributed by atoms with E-state index in [0.717, 1.165) is 37.9 Å². The number of piperidine rings is 1. The number of nitrogens with two attached hydrogens (primary N) is 1. The Kier molecular flexibility index (Phi) is 10.4. The van der Waals surface area contributed by atoms with Gasteiger partial charge in [-0.25, -0.2) is 0 Å². The Labute approximate surface area is 139 Å². The highest BCUT2D eigenvalue weighted by Crippen LogP contribution is 2.17. The molecule has 1 aliphatic heterocycles. The Bertz CT molecular complexity index is 403. The zero-order valence-electron chi connectivity index (χ0n) is 12.2. The van der Waals surface area contributed by atoms with Gasteiger partial charge in [0.2, 0.25) is 5.91 Å². The quantitative estimate of drug-likeness (QED) is 0.900. The van der Waals surface area contributed by atoms with Gasteiger partial charge in [-0.3, -0.25) is 9.78 Å². The second-order valence-electron chi connectivity index (χ2n) is 5.15. The standard InChI is InChI=1S/C15H23N3O.2ClH/c16-12-14-8-2-4-11-18(14)15(19)9-5-7-13-6-1-3-10-17-13;;/h1,3,6,10,14H,2,4-5,7-9,11-12,16H2;2*1H. The van der Waals surface area contributed by atoms with Gasteiger partial charge in [0.05, 0.1) is 0 Å². The summed E-state index contributed by atoms with van der Waals surface area (Å²) in [6.07, 6.45) is 7.50. The van der Waals surface area contributed by atoms with E-state index in [4.69, 9.17) is 5.73 Å². The van der Waals surface area contributed by atoms with Gasteiger partial charge in [0, 0.05) is 37.4 Å². The minimum Gasteiger partial charge on any atom is -0.338 e. The van der Waals surface area contributed by atoms with Gasteiger partial charge in [0.15, 0.2) is 0 Å². The number of amides is 1. The zero-order chi connectivity index (χ0) is 13.5. The van der Waals surface area contributed by atoms with Crippen molar-refractivity contribution < 1.29 is 4.79 Å². The van der Waals surface area contributed by atoms with E-state index in [1.807, 2.05) is 23.1 Å². The van der Waals surface area contributed by atoms with Gasteiger partial charge < -0.3 is 10.6 Å². The van der Waals surface area contributed by atoms with Crippen molar-refractivity contribution in [1.82, 2.24) is 9.88 Å². The van der Waals surface area contributed by atoms with Gasteiger partial charge in [-0.2, -0.15) is 0 Å². The van der Waals surface area contributed by atoms with Gasteiger partial charge >= 0.3 is 0 Å². The van der Waals surface area contributed by atoms with Crippen LogP contribution >= 0.6 is 24.8 Å². The summed E-state index contributed by atoms with van der Waals surface area (Å²) in [5.74, 6) is 0.256. The number of carbonyl (C=O) groups is 1. The Morgan fingerprint density at radius 1 is 1.33 bits per heavy atom. The molecule has 0 aliphatic carbocycles. The van der Waals surface area contributed by atoms with Gasteiger partial charge in [0.1, 0.15) is 0 Å². The molecule has 1 fully saturated rings. The van der Waals surface area contributed by atoms with Gasteiger partial charge in [-0.15, -0.1) is 24.8 Å². The lowest BCUT2D eigenvalue weighted by atomic mass is 10.0. The summed E-state index contributed by atoms with van der Waals surface area (Å²) in [7, 11) is 0. The first-order chi connectivity index (χ1) is 9.31. The molecule has 1 aliphatic rings. The van der Waals surface area contributed by atoms with Crippen LogP contribution in [0, 0.1) is 0 Å². The highest BCUT2D eigenvalue weighted by atomic mass is 35.5. The predicted octanol–water partition coefficient (Wildman–Crippen LogP) is 2.59. The number of halogens is 2. The van der Waals surface area contributed by atoms with Crippen LogP contribution in [0.3, 0.4) is 0 Å². The summed E-state index contributed by atoms with van der Waals surface area (Å²) in [5, 5.41) is 0. The molecule has 120 valence electrons. The molecule has 1 amide bonds. The molecule has 2 heterocycles. The summed E-state index contributed by atoms with van der Waals surface area (Å²) in [5.41, 5.74) is 6.81. The van der Waals surface area contributed by atoms with E-state index in [1.165, 1.54) is 6.42 Å². The van der Waals surface area contributed by atoms with Crippen LogP contribution in [0.4, 0.5) is 0 Å². The molecule has 0 spiro atoms. The highest BCUT2D eigenvalue weighted by Gasteiger charge is 2.24. The summed E-state index contributed by atoms with van der Waals surface area (Å²) in [6, 6.07) is 6.16. The number of carbonyl (C=O) groups excluding carboxylic acids is 1. The Morgan fingerprint density at radius 3 is 2.81 bits per heavy atom. The topological polar surface area (TPSA) is 59.2 Å². The first kappa shape index (κ1) is 20.2. The fourth-order valence-electron chi connectivity index (χ4n) is 2.68. The van der Waals surface area contributed by atoms with Crippen LogP contribution < -0.4 is 5.73 Å². The number of hydrogen-bond acceptors (Lipinski definition) is 3. The molecule has 4 nitrogen and oxygen atoms in total. The molecular weight excluding hydrogens is 309 g/mol. The van der Waals surface area contributed by atoms with Crippen LogP contribution in [0.1, 0.15) is 37.8 Å². The third-order valence-electron chi connectivity index (χ3n) is 3.77. The van der Waals surface area contributed by atoms with Crippen molar-refractivity contribution in [1.29, 1.82) is 0 Å². The fourth-order valence-corrected chi connectivity index (χ4v) is 2.68. The lowest BCUT2D eigenvalue weighted by Crippen LogP contribution is -2.47. The Hall–Kier alpha value is -0.840. The number of aromatic nitrogens is 1. The number of hydrogen-bond donors (Lipinski definition) is 1. The lowest BCUT2D eigenvalue weighted by Gasteiger charge is -2.35. The third kappa shape index (κ3) is 6.20. The molecule has 1 aromatic rings. The Balaban J connectivity index is 0.00000200. The molecule has 2 rings (SSSR count). The van der Waals surface area contributed by atoms with E-state index in [-0.39, 0.29) is 36.8 Å². The predicted molar refractivity (Wildman–Crippen MR) is 90.1 cm³/mol. The van der Waals surface area contributed by atoms with Crippen molar-refractivity contribution in [2.45, 2.75) is 44.6 Å². The maximum atomic E-state index is 12.2. The third-order valence-corrected chi connectivity index (χ3v) is 3.77. The molecule has 1 atom stereocenters. The number of likely N-dealkylation sites (tertiary alicyclic amines) is 1. The van der Waals surface area contributed by atoms with Gasteiger partial charge in [-0.05, 0) is 44.2 Å². The molecule has 0 saturated carbocycles. The van der Waals surface area contributed by atoms with E-state index in [1.54, 1.807) is 6.20 Å². The maximum Gasteiger partial charge on any atom is 0.222 e. The van der Waals surface area contributed by atoms with Crippen LogP contribution in [0.25, 0.3) is 0 Å². The van der Waals surface area contributed by atoms with Crippen molar-refractivity contribution >= 4 is 30.7 Å². The monoisotopic (exact) mass is 333 g/mol. The zero-order valence-corrected chi connectivity index (χ0v) is 13.9. The van der Waals surface area contributed by atoms with Crippen LogP contribution in [0.15, 0.2) is 24.4 Å². The average Bonchev–Trinajstić information content (AvgIpc) is 2.48. The van der Waals surface area contributed by atoms with Crippen molar-refractivity contribution in [2.75, 3.05) is 13.1 Å². The molecular formula is C15H25Cl2N3O. The molecule has 1 aromatic heterocycles. The van der Waals surface area contributed by atoms with Crippen molar-refractivity contribution in [2.24, 2.45) is 5.73 Å². The van der Waals surface area contributed by atoms with Crippen molar-refractivity contribution in [3.8, 4) is 0 Å².